The van der Waals surface area contributed by atoms with Gasteiger partial charge in [0.15, 0.2) is 0 Å². The smallest absolute Gasteiger partial charge is 0.256 e. The molecule has 3 nitrogen and oxygen atoms in total. The minimum absolute atomic E-state index is 0.0188. The Morgan fingerprint density at radius 1 is 1.26 bits per heavy atom. The summed E-state index contributed by atoms with van der Waals surface area (Å²) in [6.45, 7) is 0. The van der Waals surface area contributed by atoms with E-state index in [4.69, 9.17) is 16.7 Å². The van der Waals surface area contributed by atoms with Crippen LogP contribution in [0.4, 0.5) is 10.1 Å². The highest BCUT2D eigenvalue weighted by Gasteiger charge is 2.13. The van der Waals surface area contributed by atoms with E-state index >= 15 is 0 Å². The van der Waals surface area contributed by atoms with E-state index in [-0.39, 0.29) is 11.4 Å². The number of amides is 1. The summed E-state index contributed by atoms with van der Waals surface area (Å²) in [5.41, 5.74) is 0.273. The van der Waals surface area contributed by atoms with E-state index in [1.807, 2.05) is 0 Å². The lowest BCUT2D eigenvalue weighted by atomic mass is 10.2. The molecule has 0 radical (unpaired) electrons. The summed E-state index contributed by atoms with van der Waals surface area (Å²) in [5, 5.41) is 11.9. The highest BCUT2D eigenvalue weighted by atomic mass is 79.9. The van der Waals surface area contributed by atoms with E-state index in [1.54, 1.807) is 12.1 Å². The van der Waals surface area contributed by atoms with Crippen LogP contribution in [-0.4, -0.2) is 11.0 Å². The maximum atomic E-state index is 13.5. The van der Waals surface area contributed by atoms with Crippen molar-refractivity contribution < 1.29 is 14.3 Å². The Kier molecular flexibility index (Phi) is 4.07. The number of phenolic OH excluding ortho intramolecular Hbond substituents is 1. The number of benzene rings is 2. The van der Waals surface area contributed by atoms with Gasteiger partial charge in [-0.15, -0.1) is 0 Å². The molecule has 2 N–H and O–H groups in total. The van der Waals surface area contributed by atoms with Gasteiger partial charge in [0, 0.05) is 15.6 Å². The molecule has 0 spiro atoms. The molecule has 0 aliphatic carbocycles. The minimum atomic E-state index is -0.716. The lowest BCUT2D eigenvalue weighted by Gasteiger charge is -2.08. The zero-order chi connectivity index (χ0) is 14.0. The topological polar surface area (TPSA) is 49.3 Å². The first-order valence-corrected chi connectivity index (χ1v) is 6.39. The lowest BCUT2D eigenvalue weighted by Crippen LogP contribution is -2.13. The third-order valence-corrected chi connectivity index (χ3v) is 3.30. The number of nitrogens with one attached hydrogen (secondary N) is 1. The van der Waals surface area contributed by atoms with Crippen LogP contribution in [0.2, 0.25) is 5.02 Å². The average molecular weight is 345 g/mol. The van der Waals surface area contributed by atoms with Gasteiger partial charge in [0.05, 0.1) is 11.3 Å². The first kappa shape index (κ1) is 13.8. The molecule has 0 aliphatic rings. The van der Waals surface area contributed by atoms with Crippen molar-refractivity contribution in [2.75, 3.05) is 5.32 Å². The van der Waals surface area contributed by atoms with Crippen molar-refractivity contribution >= 4 is 39.1 Å². The molecule has 0 fully saturated rings. The molecular formula is C13H8BrClFNO2. The second-order valence-electron chi connectivity index (χ2n) is 3.74. The second kappa shape index (κ2) is 5.59. The highest BCUT2D eigenvalue weighted by Crippen LogP contribution is 2.24. The number of anilines is 1. The number of carbonyl (C=O) groups excluding carboxylic acids is 1. The summed E-state index contributed by atoms with van der Waals surface area (Å²) in [4.78, 5) is 12.0. The molecule has 98 valence electrons. The molecule has 0 saturated heterocycles. The fraction of sp³-hybridized carbons (Fsp3) is 0. The minimum Gasteiger partial charge on any atom is -0.508 e. The number of carbonyl (C=O) groups is 1. The molecule has 1 amide bonds. The molecule has 0 aromatic heterocycles. The standard InChI is InChI=1S/C13H8BrClFNO2/c14-10-3-1-7(15)5-9(10)13(19)17-12-4-2-8(18)6-11(12)16/h1-6,18H,(H,17,19). The van der Waals surface area contributed by atoms with Gasteiger partial charge in [-0.3, -0.25) is 4.79 Å². The molecule has 0 atom stereocenters. The fourth-order valence-electron chi connectivity index (χ4n) is 1.47. The van der Waals surface area contributed by atoms with Gasteiger partial charge < -0.3 is 10.4 Å². The molecule has 2 aromatic carbocycles. The molecular weight excluding hydrogens is 337 g/mol. The Balaban J connectivity index is 2.28. The number of hydrogen-bond donors (Lipinski definition) is 2. The summed E-state index contributed by atoms with van der Waals surface area (Å²) < 4.78 is 14.0. The predicted octanol–water partition coefficient (Wildman–Crippen LogP) is 4.20. The highest BCUT2D eigenvalue weighted by molar-refractivity contribution is 9.10. The fourth-order valence-corrected chi connectivity index (χ4v) is 2.07. The monoisotopic (exact) mass is 343 g/mol. The molecule has 0 heterocycles. The van der Waals surface area contributed by atoms with Gasteiger partial charge in [0.2, 0.25) is 0 Å². The van der Waals surface area contributed by atoms with Gasteiger partial charge >= 0.3 is 0 Å². The van der Waals surface area contributed by atoms with Gasteiger partial charge in [-0.25, -0.2) is 4.39 Å². The summed E-state index contributed by atoms with van der Waals surface area (Å²) in [7, 11) is 0. The SMILES string of the molecule is O=C(Nc1ccc(O)cc1F)c1cc(Cl)ccc1Br. The van der Waals surface area contributed by atoms with Gasteiger partial charge in [-0.2, -0.15) is 0 Å². The molecule has 2 aromatic rings. The van der Waals surface area contributed by atoms with Crippen LogP contribution >= 0.6 is 27.5 Å². The van der Waals surface area contributed by atoms with Crippen molar-refractivity contribution in [3.05, 3.63) is 57.3 Å². The Labute approximate surface area is 122 Å². The first-order valence-electron chi connectivity index (χ1n) is 5.22. The summed E-state index contributed by atoms with van der Waals surface area (Å²) in [5.74, 6) is -1.43. The lowest BCUT2D eigenvalue weighted by molar-refractivity contribution is 0.102. The number of phenols is 1. The normalized spacial score (nSPS) is 10.3. The third-order valence-electron chi connectivity index (χ3n) is 2.37. The van der Waals surface area contributed by atoms with Crippen LogP contribution < -0.4 is 5.32 Å². The van der Waals surface area contributed by atoms with Crippen LogP contribution in [0.1, 0.15) is 10.4 Å². The molecule has 0 unspecified atom stereocenters. The number of aromatic hydroxyl groups is 1. The van der Waals surface area contributed by atoms with Gasteiger partial charge in [0.1, 0.15) is 11.6 Å². The predicted molar refractivity (Wildman–Crippen MR) is 75.2 cm³/mol. The van der Waals surface area contributed by atoms with E-state index < -0.39 is 11.7 Å². The van der Waals surface area contributed by atoms with Crippen molar-refractivity contribution in [1.29, 1.82) is 0 Å². The molecule has 0 bridgehead atoms. The van der Waals surface area contributed by atoms with Crippen molar-refractivity contribution in [2.24, 2.45) is 0 Å². The maximum absolute atomic E-state index is 13.5. The quantitative estimate of drug-likeness (QED) is 0.802. The molecule has 2 rings (SSSR count). The largest absolute Gasteiger partial charge is 0.508 e. The molecule has 19 heavy (non-hydrogen) atoms. The molecule has 0 saturated carbocycles. The van der Waals surface area contributed by atoms with Crippen LogP contribution in [0.15, 0.2) is 40.9 Å². The Morgan fingerprint density at radius 2 is 2.00 bits per heavy atom. The summed E-state index contributed by atoms with van der Waals surface area (Å²) in [6, 6.07) is 8.21. The van der Waals surface area contributed by atoms with Crippen LogP contribution in [0.3, 0.4) is 0 Å². The van der Waals surface area contributed by atoms with Crippen molar-refractivity contribution in [3.63, 3.8) is 0 Å². The second-order valence-corrected chi connectivity index (χ2v) is 5.03. The van der Waals surface area contributed by atoms with Gasteiger partial charge in [0.25, 0.3) is 5.91 Å². The van der Waals surface area contributed by atoms with Crippen LogP contribution in [0.25, 0.3) is 0 Å². The van der Waals surface area contributed by atoms with Crippen LogP contribution in [0.5, 0.6) is 5.75 Å². The summed E-state index contributed by atoms with van der Waals surface area (Å²) in [6.07, 6.45) is 0. The van der Waals surface area contributed by atoms with E-state index in [0.29, 0.717) is 15.1 Å². The van der Waals surface area contributed by atoms with Crippen molar-refractivity contribution in [2.45, 2.75) is 0 Å². The van der Waals surface area contributed by atoms with Gasteiger partial charge in [-0.1, -0.05) is 11.6 Å². The van der Waals surface area contributed by atoms with Crippen molar-refractivity contribution in [1.82, 2.24) is 0 Å². The zero-order valence-corrected chi connectivity index (χ0v) is 11.8. The zero-order valence-electron chi connectivity index (χ0n) is 9.45. The van der Waals surface area contributed by atoms with E-state index in [2.05, 4.69) is 21.2 Å². The number of halogens is 3. The maximum Gasteiger partial charge on any atom is 0.256 e. The Morgan fingerprint density at radius 3 is 2.68 bits per heavy atom. The average Bonchev–Trinajstić information content (AvgIpc) is 2.35. The summed E-state index contributed by atoms with van der Waals surface area (Å²) >= 11 is 9.03. The van der Waals surface area contributed by atoms with Crippen molar-refractivity contribution in [3.8, 4) is 5.75 Å². The van der Waals surface area contributed by atoms with Crippen LogP contribution in [0, 0.1) is 5.82 Å². The van der Waals surface area contributed by atoms with E-state index in [9.17, 15) is 9.18 Å². The number of rotatable bonds is 2. The van der Waals surface area contributed by atoms with E-state index in [0.717, 1.165) is 6.07 Å². The van der Waals surface area contributed by atoms with Crippen LogP contribution in [-0.2, 0) is 0 Å². The first-order chi connectivity index (χ1) is 8.97. The van der Waals surface area contributed by atoms with Gasteiger partial charge in [-0.05, 0) is 46.3 Å². The molecule has 0 aliphatic heterocycles. The third kappa shape index (κ3) is 3.24. The Bertz CT molecular complexity index is 649. The Hall–Kier alpha value is -1.59. The molecule has 6 heteroatoms. The number of hydrogen-bond acceptors (Lipinski definition) is 2. The van der Waals surface area contributed by atoms with E-state index in [1.165, 1.54) is 18.2 Å².